The van der Waals surface area contributed by atoms with Gasteiger partial charge in [0.15, 0.2) is 18.2 Å². The number of hydrogen-bond acceptors (Lipinski definition) is 16. The van der Waals surface area contributed by atoms with Crippen LogP contribution in [-0.4, -0.2) is 137 Å². The summed E-state index contributed by atoms with van der Waals surface area (Å²) in [5.74, 6) is -3.90. The number of anilines is 2. The molecule has 4 fully saturated rings. The minimum Gasteiger partial charge on any atom is -0.550 e. The molecule has 1 aromatic heterocycles. The second-order valence-electron chi connectivity index (χ2n) is 19.5. The molecule has 1 saturated carbocycles. The number of imide groups is 2. The number of aromatic nitrogens is 2. The third-order valence-corrected chi connectivity index (χ3v) is 14.9. The average molecular weight is 1050 g/mol. The number of amides is 5. The number of rotatable bonds is 20. The Morgan fingerprint density at radius 2 is 1.47 bits per heavy atom. The van der Waals surface area contributed by atoms with E-state index in [1.807, 2.05) is 17.0 Å². The van der Waals surface area contributed by atoms with Gasteiger partial charge in [0.2, 0.25) is 5.91 Å². The number of nitrogens with zero attached hydrogens (tertiary/aromatic N) is 8. The molecule has 1 atom stereocenters. The number of ether oxygens (including phenoxy) is 2. The van der Waals surface area contributed by atoms with E-state index in [9.17, 15) is 38.7 Å². The molecule has 19 nitrogen and oxygen atoms in total. The van der Waals surface area contributed by atoms with Crippen LogP contribution < -0.4 is 54.5 Å². The number of benzene rings is 2. The first kappa shape index (κ1) is 56.0. The van der Waals surface area contributed by atoms with Crippen LogP contribution in [-0.2, 0) is 23.9 Å². The molecule has 2 aromatic carbocycles. The number of esters is 1. The van der Waals surface area contributed by atoms with Crippen molar-refractivity contribution in [3.63, 3.8) is 0 Å². The zero-order valence-electron chi connectivity index (χ0n) is 41.7. The Morgan fingerprint density at radius 1 is 0.797 bits per heavy atom. The predicted molar refractivity (Wildman–Crippen MR) is 261 cm³/mol. The van der Waals surface area contributed by atoms with Crippen LogP contribution in [0.2, 0.25) is 5.02 Å². The topological polar surface area (TPSA) is 239 Å². The number of nitriles is 1. The average Bonchev–Trinajstić information content (AvgIpc) is 3.62. The maximum absolute atomic E-state index is 15.8. The van der Waals surface area contributed by atoms with Crippen LogP contribution in [0.1, 0.15) is 140 Å². The molecule has 388 valence electrons. The number of carbonyl (C=O) groups is 7. The Labute approximate surface area is 456 Å². The second-order valence-corrected chi connectivity index (χ2v) is 19.9. The minimum absolute atomic E-state index is 0. The smallest absolute Gasteiger partial charge is 0.550 e. The number of piperidine rings is 2. The number of carboxylic acids is 1. The number of likely N-dealkylation sites (tertiary alicyclic amines) is 1. The first-order valence-corrected chi connectivity index (χ1v) is 25.8. The van der Waals surface area contributed by atoms with E-state index in [0.717, 1.165) is 93.3 Å². The van der Waals surface area contributed by atoms with Crippen LogP contribution in [0, 0.1) is 23.1 Å². The van der Waals surface area contributed by atoms with E-state index in [4.69, 9.17) is 26.3 Å². The van der Waals surface area contributed by atoms with Crippen molar-refractivity contribution >= 4 is 64.6 Å². The maximum Gasteiger partial charge on any atom is 1.00 e. The van der Waals surface area contributed by atoms with E-state index in [-0.39, 0.29) is 95.8 Å². The molecule has 22 heteroatoms. The molecular formula is C52H60ClFN9NaO10. The third kappa shape index (κ3) is 14.0. The van der Waals surface area contributed by atoms with Gasteiger partial charge in [-0.1, -0.05) is 37.3 Å². The summed E-state index contributed by atoms with van der Waals surface area (Å²) in [6, 6.07) is 11.7. The van der Waals surface area contributed by atoms with Gasteiger partial charge in [0.1, 0.15) is 23.7 Å². The first-order chi connectivity index (χ1) is 35.3. The number of fused-ring (bicyclic) bond motifs is 1. The van der Waals surface area contributed by atoms with Gasteiger partial charge >= 0.3 is 35.5 Å². The van der Waals surface area contributed by atoms with E-state index in [1.165, 1.54) is 6.07 Å². The first-order valence-electron chi connectivity index (χ1n) is 25.4. The maximum atomic E-state index is 15.8. The van der Waals surface area contributed by atoms with Crippen LogP contribution in [0.25, 0.3) is 0 Å². The van der Waals surface area contributed by atoms with Crippen molar-refractivity contribution < 1.29 is 82.1 Å². The molecule has 1 N–H and O–H groups in total. The molecule has 0 radical (unpaired) electrons. The normalized spacial score (nSPS) is 20.5. The number of unbranched alkanes of at least 4 members (excludes halogenated alkanes) is 5. The van der Waals surface area contributed by atoms with Gasteiger partial charge in [0, 0.05) is 76.7 Å². The van der Waals surface area contributed by atoms with E-state index in [0.29, 0.717) is 73.5 Å². The summed E-state index contributed by atoms with van der Waals surface area (Å²) in [5.41, 5.74) is 0.667. The minimum atomic E-state index is -1.33. The number of piperazine rings is 1. The van der Waals surface area contributed by atoms with Gasteiger partial charge in [-0.15, -0.1) is 10.2 Å². The zero-order chi connectivity index (χ0) is 51.6. The van der Waals surface area contributed by atoms with Gasteiger partial charge in [-0.2, -0.15) is 5.26 Å². The van der Waals surface area contributed by atoms with Crippen molar-refractivity contribution in [3.8, 4) is 11.8 Å². The molecule has 74 heavy (non-hydrogen) atoms. The van der Waals surface area contributed by atoms with E-state index in [2.05, 4.69) is 25.3 Å². The van der Waals surface area contributed by atoms with E-state index >= 15 is 4.39 Å². The Bertz CT molecular complexity index is 2600. The molecule has 1 unspecified atom stereocenters. The number of carboxylic acid groups (broad SMARTS) is 1. The van der Waals surface area contributed by atoms with E-state index in [1.54, 1.807) is 24.3 Å². The molecule has 0 spiro atoms. The van der Waals surface area contributed by atoms with E-state index < -0.39 is 54.2 Å². The Hall–Kier alpha value is -5.72. The molecule has 5 aliphatic rings. The summed E-state index contributed by atoms with van der Waals surface area (Å²) in [6.07, 6.45) is 8.79. The van der Waals surface area contributed by atoms with Gasteiger partial charge in [-0.05, 0) is 107 Å². The summed E-state index contributed by atoms with van der Waals surface area (Å²) >= 11 is 6.15. The largest absolute Gasteiger partial charge is 1.00 e. The SMILES string of the molecule is N#Cc1ccc(OC2CCC(NC(=O)c3ccc(N4CCC(CN5CCN(c6cc7c(cc6F)C(=O)N(C6CCC(=O)N(COC(=O)CCCCCCCCC(=O)[O-])C6=O)C7=O)CC5)CC4)nn3)CC2)cc1Cl.[Na+]. The third-order valence-electron chi connectivity index (χ3n) is 14.6. The van der Waals surface area contributed by atoms with Gasteiger partial charge in [0.25, 0.3) is 23.6 Å². The molecular weight excluding hydrogens is 988 g/mol. The molecule has 1 aliphatic carbocycles. The van der Waals surface area contributed by atoms with Crippen molar-refractivity contribution in [2.45, 2.75) is 121 Å². The Morgan fingerprint density at radius 3 is 2.12 bits per heavy atom. The van der Waals surface area contributed by atoms with Crippen molar-refractivity contribution in [1.29, 1.82) is 5.26 Å². The number of hydrogen-bond donors (Lipinski definition) is 1. The van der Waals surface area contributed by atoms with Crippen molar-refractivity contribution in [3.05, 3.63) is 75.7 Å². The fraction of sp³-hybridized carbons (Fsp3) is 0.538. The molecule has 5 heterocycles. The number of aliphatic carboxylic acids is 1. The van der Waals surface area contributed by atoms with Crippen LogP contribution in [0.5, 0.6) is 5.75 Å². The summed E-state index contributed by atoms with van der Waals surface area (Å²) in [4.78, 5) is 97.8. The van der Waals surface area contributed by atoms with Crippen molar-refractivity contribution in [2.75, 3.05) is 62.3 Å². The second kappa shape index (κ2) is 26.2. The quantitative estimate of drug-likeness (QED) is 0.0735. The molecule has 0 bridgehead atoms. The summed E-state index contributed by atoms with van der Waals surface area (Å²) in [6.45, 7) is 4.08. The summed E-state index contributed by atoms with van der Waals surface area (Å²) < 4.78 is 27.1. The monoisotopic (exact) mass is 1050 g/mol. The molecule has 8 rings (SSSR count). The fourth-order valence-electron chi connectivity index (χ4n) is 10.4. The van der Waals surface area contributed by atoms with Crippen LogP contribution in [0.15, 0.2) is 42.5 Å². The predicted octanol–water partition coefficient (Wildman–Crippen LogP) is 1.79. The van der Waals surface area contributed by atoms with Gasteiger partial charge in [-0.3, -0.25) is 38.6 Å². The van der Waals surface area contributed by atoms with Crippen molar-refractivity contribution in [1.82, 2.24) is 30.2 Å². The molecule has 3 saturated heterocycles. The zero-order valence-corrected chi connectivity index (χ0v) is 44.5. The number of nitrogens with one attached hydrogen (secondary N) is 1. The standard InChI is InChI=1S/C52H61ClFN9O10.Na/c53-40-27-37(12-9-34(40)30-55)73-36-13-10-35(11-14-36)56-49(68)42-15-17-45(58-57-42)61-21-19-33(20-22-61)31-59-23-25-60(26-24-59)44-29-39-38(28-41(44)54)50(69)63(51(39)70)43-16-18-46(64)62(52(43)71)32-72-48(67)8-6-4-2-1-3-5-7-47(65)66;/h9,12,15,17,27-29,33,35-36,43H,1-8,10-11,13-14,16,18-26,31-32H2,(H,56,68)(H,65,66);/q;+1/p-1. The Kier molecular flexibility index (Phi) is 19.8. The van der Waals surface area contributed by atoms with Crippen LogP contribution >= 0.6 is 11.6 Å². The summed E-state index contributed by atoms with van der Waals surface area (Å²) in [5, 5.41) is 31.7. The van der Waals surface area contributed by atoms with Crippen molar-refractivity contribution in [2.24, 2.45) is 5.92 Å². The Balaban J connectivity index is 0.00000800. The molecule has 3 aromatic rings. The molecule has 5 amide bonds. The fourth-order valence-corrected chi connectivity index (χ4v) is 10.6. The van der Waals surface area contributed by atoms with Crippen LogP contribution in [0.3, 0.4) is 0 Å². The number of halogens is 2. The van der Waals surface area contributed by atoms with Gasteiger partial charge in [-0.25, -0.2) is 9.29 Å². The molecule has 4 aliphatic heterocycles. The van der Waals surface area contributed by atoms with Crippen LogP contribution in [0.4, 0.5) is 15.9 Å². The number of carbonyl (C=O) groups excluding carboxylic acids is 7. The summed E-state index contributed by atoms with van der Waals surface area (Å²) in [7, 11) is 0. The van der Waals surface area contributed by atoms with Gasteiger partial charge in [0.05, 0.1) is 33.5 Å². The van der Waals surface area contributed by atoms with Gasteiger partial charge < -0.3 is 34.5 Å².